The second kappa shape index (κ2) is 6.50. The van der Waals surface area contributed by atoms with Gasteiger partial charge in [-0.15, -0.1) is 0 Å². The van der Waals surface area contributed by atoms with Crippen molar-refractivity contribution in [2.24, 2.45) is 5.92 Å². The lowest BCUT2D eigenvalue weighted by atomic mass is 9.99. The fraction of sp³-hybridized carbons (Fsp3) is 0.643. The van der Waals surface area contributed by atoms with Crippen LogP contribution in [0.3, 0.4) is 0 Å². The fourth-order valence-electron chi connectivity index (χ4n) is 2.49. The highest BCUT2D eigenvalue weighted by molar-refractivity contribution is 6.30. The lowest BCUT2D eigenvalue weighted by Gasteiger charge is -2.24. The average Bonchev–Trinajstić information content (AvgIpc) is 2.91. The summed E-state index contributed by atoms with van der Waals surface area (Å²) in [7, 11) is 0. The highest BCUT2D eigenvalue weighted by atomic mass is 35.5. The van der Waals surface area contributed by atoms with E-state index in [1.165, 1.54) is 6.07 Å². The van der Waals surface area contributed by atoms with E-state index in [-0.39, 0.29) is 17.2 Å². The van der Waals surface area contributed by atoms with Gasteiger partial charge in [0.15, 0.2) is 0 Å². The summed E-state index contributed by atoms with van der Waals surface area (Å²) in [5.41, 5.74) is -0.406. The molecule has 1 saturated heterocycles. The van der Waals surface area contributed by atoms with Gasteiger partial charge in [0.1, 0.15) is 10.8 Å². The quantitative estimate of drug-likeness (QED) is 0.855. The van der Waals surface area contributed by atoms with Crippen molar-refractivity contribution >= 4 is 11.6 Å². The van der Waals surface area contributed by atoms with Crippen molar-refractivity contribution in [3.63, 3.8) is 0 Å². The third-order valence-electron chi connectivity index (χ3n) is 3.82. The van der Waals surface area contributed by atoms with Crippen molar-refractivity contribution in [1.82, 2.24) is 10.3 Å². The zero-order valence-corrected chi connectivity index (χ0v) is 12.6. The van der Waals surface area contributed by atoms with E-state index in [0.29, 0.717) is 18.1 Å². The first-order chi connectivity index (χ1) is 9.79. The summed E-state index contributed by atoms with van der Waals surface area (Å²) >= 11 is 5.90. The molecule has 0 radical (unpaired) electrons. The van der Waals surface area contributed by atoms with Gasteiger partial charge in [0, 0.05) is 24.3 Å². The molecule has 0 spiro atoms. The van der Waals surface area contributed by atoms with E-state index in [4.69, 9.17) is 16.3 Å². The van der Waals surface area contributed by atoms with Crippen LogP contribution >= 0.6 is 11.6 Å². The lowest BCUT2D eigenvalue weighted by molar-refractivity contribution is -0.141. The molecule has 118 valence electrons. The molecule has 1 aromatic rings. The molecule has 0 saturated carbocycles. The normalized spacial score (nSPS) is 22.3. The Hall–Kier alpha value is -0.850. The SMILES string of the molecule is CC(NC(C)C1CCOC1)c1ccc(C(F)(F)F)nc1Cl. The molecule has 2 heterocycles. The van der Waals surface area contributed by atoms with Gasteiger partial charge in [-0.2, -0.15) is 13.2 Å². The number of hydrogen-bond acceptors (Lipinski definition) is 3. The fourth-order valence-corrected chi connectivity index (χ4v) is 2.81. The maximum atomic E-state index is 12.6. The monoisotopic (exact) mass is 322 g/mol. The predicted molar refractivity (Wildman–Crippen MR) is 74.2 cm³/mol. The standard InChI is InChI=1S/C14H18ClF3N2O/c1-8(10-5-6-21-7-10)19-9(2)11-3-4-12(14(16,17)18)20-13(11)15/h3-4,8-10,19H,5-7H2,1-2H3. The summed E-state index contributed by atoms with van der Waals surface area (Å²) in [4.78, 5) is 3.45. The molecule has 21 heavy (non-hydrogen) atoms. The zero-order valence-electron chi connectivity index (χ0n) is 11.9. The minimum absolute atomic E-state index is 0.111. The van der Waals surface area contributed by atoms with Crippen LogP contribution in [0, 0.1) is 5.92 Å². The van der Waals surface area contributed by atoms with Crippen LogP contribution in [0.4, 0.5) is 13.2 Å². The number of aromatic nitrogens is 1. The van der Waals surface area contributed by atoms with Gasteiger partial charge in [0.05, 0.1) is 6.61 Å². The van der Waals surface area contributed by atoms with Gasteiger partial charge in [-0.3, -0.25) is 0 Å². The Morgan fingerprint density at radius 1 is 1.38 bits per heavy atom. The van der Waals surface area contributed by atoms with Gasteiger partial charge in [-0.25, -0.2) is 4.98 Å². The first-order valence-corrected chi connectivity index (χ1v) is 7.24. The molecule has 3 nitrogen and oxygen atoms in total. The minimum Gasteiger partial charge on any atom is -0.381 e. The first-order valence-electron chi connectivity index (χ1n) is 6.86. The van der Waals surface area contributed by atoms with Crippen molar-refractivity contribution < 1.29 is 17.9 Å². The number of alkyl halides is 3. The van der Waals surface area contributed by atoms with Crippen molar-refractivity contribution in [2.45, 2.75) is 38.5 Å². The molecule has 0 bridgehead atoms. The maximum absolute atomic E-state index is 12.6. The number of nitrogens with zero attached hydrogens (tertiary/aromatic N) is 1. The Kier molecular flexibility index (Phi) is 5.11. The number of halogens is 4. The number of hydrogen-bond donors (Lipinski definition) is 1. The third-order valence-corrected chi connectivity index (χ3v) is 4.12. The summed E-state index contributed by atoms with van der Waals surface area (Å²) in [5.74, 6) is 0.411. The second-order valence-corrected chi connectivity index (χ2v) is 5.73. The largest absolute Gasteiger partial charge is 0.433 e. The number of nitrogens with one attached hydrogen (secondary N) is 1. The molecule has 0 aliphatic carbocycles. The molecule has 1 aliphatic rings. The molecular weight excluding hydrogens is 305 g/mol. The summed E-state index contributed by atoms with van der Waals surface area (Å²) in [5, 5.41) is 3.24. The van der Waals surface area contributed by atoms with E-state index in [1.54, 1.807) is 0 Å². The molecule has 7 heteroatoms. The molecule has 2 rings (SSSR count). The highest BCUT2D eigenvalue weighted by Gasteiger charge is 2.33. The molecule has 0 amide bonds. The average molecular weight is 323 g/mol. The first kappa shape index (κ1) is 16.5. The lowest BCUT2D eigenvalue weighted by Crippen LogP contribution is -2.35. The van der Waals surface area contributed by atoms with Gasteiger partial charge >= 0.3 is 6.18 Å². The molecular formula is C14H18ClF3N2O. The molecule has 1 N–H and O–H groups in total. The van der Waals surface area contributed by atoms with Crippen molar-refractivity contribution in [3.8, 4) is 0 Å². The molecule has 1 fully saturated rings. The summed E-state index contributed by atoms with van der Waals surface area (Å²) in [6.45, 7) is 5.37. The molecule has 3 atom stereocenters. The number of ether oxygens (including phenoxy) is 1. The van der Waals surface area contributed by atoms with Gasteiger partial charge in [-0.1, -0.05) is 17.7 Å². The van der Waals surface area contributed by atoms with Crippen LogP contribution in [-0.4, -0.2) is 24.2 Å². The second-order valence-electron chi connectivity index (χ2n) is 5.37. The van der Waals surface area contributed by atoms with Gasteiger partial charge in [0.2, 0.25) is 0 Å². The number of pyridine rings is 1. The van der Waals surface area contributed by atoms with Crippen LogP contribution in [0.1, 0.15) is 37.6 Å². The molecule has 3 unspecified atom stereocenters. The van der Waals surface area contributed by atoms with Crippen LogP contribution in [-0.2, 0) is 10.9 Å². The Morgan fingerprint density at radius 2 is 2.10 bits per heavy atom. The highest BCUT2D eigenvalue weighted by Crippen LogP contribution is 2.31. The van der Waals surface area contributed by atoms with E-state index in [2.05, 4.69) is 10.3 Å². The van der Waals surface area contributed by atoms with E-state index in [1.807, 2.05) is 13.8 Å². The third kappa shape index (κ3) is 4.08. The van der Waals surface area contributed by atoms with Crippen LogP contribution in [0.5, 0.6) is 0 Å². The van der Waals surface area contributed by atoms with E-state index in [9.17, 15) is 13.2 Å². The van der Waals surface area contributed by atoms with E-state index >= 15 is 0 Å². The zero-order chi connectivity index (χ0) is 15.6. The van der Waals surface area contributed by atoms with E-state index in [0.717, 1.165) is 19.1 Å². The Balaban J connectivity index is 2.06. The van der Waals surface area contributed by atoms with Crippen molar-refractivity contribution in [1.29, 1.82) is 0 Å². The predicted octanol–water partition coefficient (Wildman–Crippen LogP) is 3.83. The summed E-state index contributed by atoms with van der Waals surface area (Å²) in [6.07, 6.45) is -3.49. The van der Waals surface area contributed by atoms with Gasteiger partial charge in [-0.05, 0) is 32.3 Å². The van der Waals surface area contributed by atoms with Crippen LogP contribution < -0.4 is 5.32 Å². The molecule has 1 aromatic heterocycles. The number of rotatable bonds is 4. The maximum Gasteiger partial charge on any atom is 0.433 e. The van der Waals surface area contributed by atoms with Crippen LogP contribution in [0.15, 0.2) is 12.1 Å². The Morgan fingerprint density at radius 3 is 2.62 bits per heavy atom. The van der Waals surface area contributed by atoms with Crippen LogP contribution in [0.25, 0.3) is 0 Å². The van der Waals surface area contributed by atoms with Crippen molar-refractivity contribution in [3.05, 3.63) is 28.5 Å². The van der Waals surface area contributed by atoms with Crippen molar-refractivity contribution in [2.75, 3.05) is 13.2 Å². The van der Waals surface area contributed by atoms with Gasteiger partial charge in [0.25, 0.3) is 0 Å². The van der Waals surface area contributed by atoms with Crippen LogP contribution in [0.2, 0.25) is 5.15 Å². The minimum atomic E-state index is -4.48. The molecule has 0 aromatic carbocycles. The smallest absolute Gasteiger partial charge is 0.381 e. The Bertz CT molecular complexity index is 490. The van der Waals surface area contributed by atoms with E-state index < -0.39 is 11.9 Å². The van der Waals surface area contributed by atoms with Gasteiger partial charge < -0.3 is 10.1 Å². The summed E-state index contributed by atoms with van der Waals surface area (Å²) in [6, 6.07) is 2.36. The topological polar surface area (TPSA) is 34.1 Å². The molecule has 1 aliphatic heterocycles. The Labute approximate surface area is 126 Å². The summed E-state index contributed by atoms with van der Waals surface area (Å²) < 4.78 is 43.0.